The first-order chi connectivity index (χ1) is 14.4. The van der Waals surface area contributed by atoms with Gasteiger partial charge in [0.25, 0.3) is 0 Å². The fraction of sp³-hybridized carbons (Fsp3) is 0.417. The second-order valence-corrected chi connectivity index (χ2v) is 9.64. The highest BCUT2D eigenvalue weighted by Gasteiger charge is 2.35. The maximum absolute atomic E-state index is 12.8. The van der Waals surface area contributed by atoms with Crippen LogP contribution >= 0.6 is 11.8 Å². The molecule has 0 aliphatic carbocycles. The Morgan fingerprint density at radius 3 is 2.73 bits per heavy atom. The molecule has 2 aliphatic heterocycles. The molecule has 1 amide bonds. The number of aryl methyl sites for hydroxylation is 1. The number of thioether (sulfide) groups is 1. The van der Waals surface area contributed by atoms with E-state index in [0.717, 1.165) is 29.4 Å². The van der Waals surface area contributed by atoms with Crippen molar-refractivity contribution >= 4 is 29.1 Å². The molecule has 5 nitrogen and oxygen atoms in total. The van der Waals surface area contributed by atoms with E-state index in [0.29, 0.717) is 18.9 Å². The highest BCUT2D eigenvalue weighted by molar-refractivity contribution is 7.99. The lowest BCUT2D eigenvalue weighted by molar-refractivity contribution is -0.119. The Bertz CT molecular complexity index is 955. The topological polar surface area (TPSA) is 45.1 Å². The average Bonchev–Trinajstić information content (AvgIpc) is 2.71. The summed E-state index contributed by atoms with van der Waals surface area (Å²) in [6.45, 7) is 5.92. The molecule has 0 aromatic heterocycles. The van der Waals surface area contributed by atoms with Gasteiger partial charge in [-0.1, -0.05) is 18.6 Å². The van der Waals surface area contributed by atoms with Gasteiger partial charge in [-0.05, 0) is 57.4 Å². The Hall–Kier alpha value is -2.31. The first-order valence-electron chi connectivity index (χ1n) is 10.4. The zero-order valence-corrected chi connectivity index (χ0v) is 18.9. The zero-order valence-electron chi connectivity index (χ0n) is 18.1. The van der Waals surface area contributed by atoms with Crippen molar-refractivity contribution < 1.29 is 9.53 Å². The van der Waals surface area contributed by atoms with E-state index in [1.807, 2.05) is 36.0 Å². The van der Waals surface area contributed by atoms with Crippen LogP contribution in [0.1, 0.15) is 24.5 Å². The van der Waals surface area contributed by atoms with Crippen LogP contribution in [0.5, 0.6) is 5.75 Å². The molecule has 2 aliphatic rings. The summed E-state index contributed by atoms with van der Waals surface area (Å²) in [7, 11) is 4.13. The van der Waals surface area contributed by atoms with E-state index >= 15 is 0 Å². The van der Waals surface area contributed by atoms with Crippen LogP contribution in [0.4, 0.5) is 5.69 Å². The lowest BCUT2D eigenvalue weighted by atomic mass is 9.92. The van der Waals surface area contributed by atoms with Crippen LogP contribution in [-0.2, 0) is 4.79 Å². The number of rotatable bonds is 6. The summed E-state index contributed by atoms with van der Waals surface area (Å²) in [6, 6.07) is 14.2. The second-order valence-electron chi connectivity index (χ2n) is 8.57. The molecule has 0 fully saturated rings. The number of benzene rings is 2. The van der Waals surface area contributed by atoms with Crippen LogP contribution < -0.4 is 9.75 Å². The molecule has 6 heteroatoms. The highest BCUT2D eigenvalue weighted by atomic mass is 32.2. The molecule has 30 heavy (non-hydrogen) atoms. The lowest BCUT2D eigenvalue weighted by Crippen LogP contribution is -2.39. The molecule has 2 unspecified atom stereocenters. The van der Waals surface area contributed by atoms with Gasteiger partial charge < -0.3 is 9.64 Å². The van der Waals surface area contributed by atoms with E-state index in [1.54, 1.807) is 5.01 Å². The minimum Gasteiger partial charge on any atom is -0.493 e. The van der Waals surface area contributed by atoms with Crippen LogP contribution in [0, 0.1) is 18.8 Å². The SMILES string of the molecule is Cc1ccc2c(c1)C1=NN(c3ccc(OCC(C)CN(C)C)cc3)C(=O)CC1CS2. The quantitative estimate of drug-likeness (QED) is 0.689. The van der Waals surface area contributed by atoms with Crippen LogP contribution in [-0.4, -0.2) is 49.5 Å². The Morgan fingerprint density at radius 1 is 1.23 bits per heavy atom. The predicted octanol–water partition coefficient (Wildman–Crippen LogP) is 4.43. The molecule has 0 saturated heterocycles. The summed E-state index contributed by atoms with van der Waals surface area (Å²) in [6.07, 6.45) is 0.500. The number of hydrogen-bond acceptors (Lipinski definition) is 5. The van der Waals surface area contributed by atoms with Gasteiger partial charge in [0.2, 0.25) is 5.91 Å². The second kappa shape index (κ2) is 8.82. The first kappa shape index (κ1) is 20.9. The van der Waals surface area contributed by atoms with E-state index in [1.165, 1.54) is 16.0 Å². The number of fused-ring (bicyclic) bond motifs is 3. The van der Waals surface area contributed by atoms with Crippen molar-refractivity contribution in [2.45, 2.75) is 25.2 Å². The lowest BCUT2D eigenvalue weighted by Gasteiger charge is -2.33. The van der Waals surface area contributed by atoms with Crippen molar-refractivity contribution in [1.82, 2.24) is 4.90 Å². The summed E-state index contributed by atoms with van der Waals surface area (Å²) < 4.78 is 5.91. The minimum atomic E-state index is 0.0497. The summed E-state index contributed by atoms with van der Waals surface area (Å²) in [5, 5.41) is 6.38. The molecule has 2 heterocycles. The summed E-state index contributed by atoms with van der Waals surface area (Å²) in [5.41, 5.74) is 4.20. The molecule has 0 radical (unpaired) electrons. The molecular weight excluding hydrogens is 394 g/mol. The number of carbonyl (C=O) groups is 1. The average molecular weight is 424 g/mol. The number of amides is 1. The standard InChI is InChI=1S/C24H29N3O2S/c1-16-5-10-22-21(11-16)24-18(15-30-22)12-23(28)27(25-24)19-6-8-20(9-7-19)29-14-17(2)13-26(3)4/h5-11,17-18H,12-15H2,1-4H3. The fourth-order valence-electron chi connectivity index (χ4n) is 4.01. The summed E-state index contributed by atoms with van der Waals surface area (Å²) in [5.74, 6) is 2.41. The molecular formula is C24H29N3O2S. The number of carbonyl (C=O) groups excluding carboxylic acids is 1. The smallest absolute Gasteiger partial charge is 0.248 e. The zero-order chi connectivity index (χ0) is 21.3. The van der Waals surface area contributed by atoms with Gasteiger partial charge >= 0.3 is 0 Å². The molecule has 2 aromatic rings. The summed E-state index contributed by atoms with van der Waals surface area (Å²) in [4.78, 5) is 16.2. The third kappa shape index (κ3) is 4.55. The van der Waals surface area contributed by atoms with Gasteiger partial charge in [0.15, 0.2) is 0 Å². The normalized spacial score (nSPS) is 19.2. The maximum atomic E-state index is 12.8. The Balaban J connectivity index is 1.53. The van der Waals surface area contributed by atoms with Gasteiger partial charge in [0.05, 0.1) is 18.0 Å². The van der Waals surface area contributed by atoms with E-state index in [4.69, 9.17) is 9.84 Å². The molecule has 2 aromatic carbocycles. The van der Waals surface area contributed by atoms with Crippen molar-refractivity contribution in [2.24, 2.45) is 16.9 Å². The van der Waals surface area contributed by atoms with Crippen molar-refractivity contribution in [1.29, 1.82) is 0 Å². The third-order valence-corrected chi connectivity index (χ3v) is 6.63. The molecule has 0 N–H and O–H groups in total. The van der Waals surface area contributed by atoms with Crippen LogP contribution in [0.2, 0.25) is 0 Å². The van der Waals surface area contributed by atoms with Crippen molar-refractivity contribution in [3.8, 4) is 5.75 Å². The third-order valence-electron chi connectivity index (χ3n) is 5.40. The van der Waals surface area contributed by atoms with Crippen molar-refractivity contribution in [2.75, 3.05) is 38.0 Å². The largest absolute Gasteiger partial charge is 0.493 e. The Morgan fingerprint density at radius 2 is 2.00 bits per heavy atom. The number of hydrogen-bond donors (Lipinski definition) is 0. The Kier molecular flexibility index (Phi) is 6.16. The fourth-order valence-corrected chi connectivity index (χ4v) is 5.15. The predicted molar refractivity (Wildman–Crippen MR) is 124 cm³/mol. The minimum absolute atomic E-state index is 0.0497. The van der Waals surface area contributed by atoms with E-state index in [9.17, 15) is 4.79 Å². The van der Waals surface area contributed by atoms with Crippen LogP contribution in [0.15, 0.2) is 52.5 Å². The maximum Gasteiger partial charge on any atom is 0.248 e. The summed E-state index contributed by atoms with van der Waals surface area (Å²) >= 11 is 1.82. The molecule has 158 valence electrons. The van der Waals surface area contributed by atoms with Gasteiger partial charge in [-0.15, -0.1) is 11.8 Å². The van der Waals surface area contributed by atoms with E-state index in [-0.39, 0.29) is 11.8 Å². The molecule has 0 bridgehead atoms. The van der Waals surface area contributed by atoms with Gasteiger partial charge in [-0.3, -0.25) is 4.79 Å². The van der Waals surface area contributed by atoms with Crippen molar-refractivity contribution in [3.05, 3.63) is 53.6 Å². The number of anilines is 1. The first-order valence-corrected chi connectivity index (χ1v) is 11.4. The number of hydrazone groups is 1. The molecule has 0 saturated carbocycles. The van der Waals surface area contributed by atoms with E-state index < -0.39 is 0 Å². The monoisotopic (exact) mass is 423 g/mol. The Labute approximate surface area is 183 Å². The molecule has 4 rings (SSSR count). The molecule has 2 atom stereocenters. The van der Waals surface area contributed by atoms with Crippen molar-refractivity contribution in [3.63, 3.8) is 0 Å². The van der Waals surface area contributed by atoms with Gasteiger partial charge in [-0.2, -0.15) is 5.10 Å². The van der Waals surface area contributed by atoms with Gasteiger partial charge in [0, 0.05) is 41.0 Å². The highest BCUT2D eigenvalue weighted by Crippen LogP contribution is 2.38. The van der Waals surface area contributed by atoms with Crippen LogP contribution in [0.3, 0.4) is 0 Å². The van der Waals surface area contributed by atoms with Crippen LogP contribution in [0.25, 0.3) is 0 Å². The number of ether oxygens (including phenoxy) is 1. The number of nitrogens with zero attached hydrogens (tertiary/aromatic N) is 3. The van der Waals surface area contributed by atoms with Gasteiger partial charge in [0.1, 0.15) is 5.75 Å². The molecule has 0 spiro atoms. The van der Waals surface area contributed by atoms with E-state index in [2.05, 4.69) is 51.0 Å². The van der Waals surface area contributed by atoms with Gasteiger partial charge in [-0.25, -0.2) is 5.01 Å².